The van der Waals surface area contributed by atoms with Crippen molar-refractivity contribution in [2.45, 2.75) is 71.1 Å². The summed E-state index contributed by atoms with van der Waals surface area (Å²) in [6.07, 6.45) is 8.79. The lowest BCUT2D eigenvalue weighted by Gasteiger charge is -2.31. The Labute approximate surface area is 182 Å². The maximum atomic E-state index is 11.0. The number of aromatic hydroxyl groups is 1. The van der Waals surface area contributed by atoms with Crippen LogP contribution >= 0.6 is 0 Å². The third-order valence-corrected chi connectivity index (χ3v) is 6.25. The highest BCUT2D eigenvalue weighted by molar-refractivity contribution is 5.76. The quantitative estimate of drug-likeness (QED) is 0.339. The Morgan fingerprint density at radius 1 is 0.700 bits per heavy atom. The van der Waals surface area contributed by atoms with Gasteiger partial charge >= 0.3 is 0 Å². The summed E-state index contributed by atoms with van der Waals surface area (Å²) in [4.78, 5) is 0. The molecule has 1 N–H and O–H groups in total. The Morgan fingerprint density at radius 3 is 1.97 bits per heavy atom. The summed E-state index contributed by atoms with van der Waals surface area (Å²) in [5.74, 6) is 0.384. The monoisotopic (exact) mass is 400 g/mol. The maximum Gasteiger partial charge on any atom is 0.120 e. The predicted molar refractivity (Wildman–Crippen MR) is 129 cm³/mol. The van der Waals surface area contributed by atoms with Gasteiger partial charge < -0.3 is 5.11 Å². The van der Waals surface area contributed by atoms with Gasteiger partial charge in [-0.05, 0) is 41.2 Å². The van der Waals surface area contributed by atoms with Crippen molar-refractivity contribution in [1.82, 2.24) is 0 Å². The van der Waals surface area contributed by atoms with Gasteiger partial charge in [-0.25, -0.2) is 0 Å². The van der Waals surface area contributed by atoms with E-state index in [1.165, 1.54) is 60.8 Å². The van der Waals surface area contributed by atoms with E-state index in [1.54, 1.807) is 0 Å². The molecule has 0 spiro atoms. The first-order chi connectivity index (χ1) is 14.6. The summed E-state index contributed by atoms with van der Waals surface area (Å²) >= 11 is 0. The zero-order valence-electron chi connectivity index (χ0n) is 18.8. The Morgan fingerprint density at radius 2 is 1.30 bits per heavy atom. The second-order valence-corrected chi connectivity index (χ2v) is 8.87. The Bertz CT molecular complexity index is 910. The van der Waals surface area contributed by atoms with Crippen LogP contribution in [0, 0.1) is 0 Å². The van der Waals surface area contributed by atoms with Crippen LogP contribution in [0.25, 0.3) is 11.1 Å². The van der Waals surface area contributed by atoms with Gasteiger partial charge in [-0.1, -0.05) is 120 Å². The molecule has 0 unspecified atom stereocenters. The van der Waals surface area contributed by atoms with Crippen molar-refractivity contribution >= 4 is 0 Å². The second-order valence-electron chi connectivity index (χ2n) is 8.87. The molecule has 0 aromatic heterocycles. The molecule has 0 fully saturated rings. The summed E-state index contributed by atoms with van der Waals surface area (Å²) in [5, 5.41) is 11.0. The van der Waals surface area contributed by atoms with Crippen LogP contribution in [0.4, 0.5) is 0 Å². The number of hydrogen-bond donors (Lipinski definition) is 1. The lowest BCUT2D eigenvalue weighted by molar-refractivity contribution is 0.453. The standard InChI is InChI=1S/C29H36O/c1-4-5-6-7-8-11-18-24-21-22-26(30)28(27(24)23-16-12-9-13-17-23)29(2,3)25-19-14-10-15-20-25/h9-10,12-17,19-22,30H,4-8,11,18H2,1-3H3. The van der Waals surface area contributed by atoms with E-state index in [1.807, 2.05) is 12.1 Å². The summed E-state index contributed by atoms with van der Waals surface area (Å²) < 4.78 is 0. The lowest BCUT2D eigenvalue weighted by atomic mass is 9.73. The van der Waals surface area contributed by atoms with E-state index >= 15 is 0 Å². The molecule has 0 atom stereocenters. The topological polar surface area (TPSA) is 20.2 Å². The highest BCUT2D eigenvalue weighted by Gasteiger charge is 2.30. The van der Waals surface area contributed by atoms with Crippen LogP contribution < -0.4 is 0 Å². The van der Waals surface area contributed by atoms with E-state index in [9.17, 15) is 5.11 Å². The maximum absolute atomic E-state index is 11.0. The van der Waals surface area contributed by atoms with Crippen molar-refractivity contribution in [3.63, 3.8) is 0 Å². The number of aryl methyl sites for hydroxylation is 1. The number of unbranched alkanes of at least 4 members (excludes halogenated alkanes) is 5. The van der Waals surface area contributed by atoms with Gasteiger partial charge in [0.1, 0.15) is 5.75 Å². The van der Waals surface area contributed by atoms with E-state index in [-0.39, 0.29) is 5.41 Å². The van der Waals surface area contributed by atoms with Crippen molar-refractivity contribution in [3.05, 3.63) is 89.5 Å². The normalized spacial score (nSPS) is 11.6. The molecule has 1 nitrogen and oxygen atoms in total. The fourth-order valence-corrected chi connectivity index (χ4v) is 4.51. The van der Waals surface area contributed by atoms with E-state index < -0.39 is 0 Å². The Balaban J connectivity index is 2.01. The third-order valence-electron chi connectivity index (χ3n) is 6.25. The van der Waals surface area contributed by atoms with Gasteiger partial charge in [0.2, 0.25) is 0 Å². The van der Waals surface area contributed by atoms with E-state index in [2.05, 4.69) is 81.4 Å². The molecule has 0 aliphatic rings. The minimum atomic E-state index is -0.298. The fraction of sp³-hybridized carbons (Fsp3) is 0.379. The van der Waals surface area contributed by atoms with Crippen LogP contribution in [0.15, 0.2) is 72.8 Å². The van der Waals surface area contributed by atoms with Crippen LogP contribution in [0.2, 0.25) is 0 Å². The number of phenols is 1. The molecule has 158 valence electrons. The van der Waals surface area contributed by atoms with E-state index in [0.717, 1.165) is 12.0 Å². The van der Waals surface area contributed by atoms with Crippen molar-refractivity contribution in [3.8, 4) is 16.9 Å². The molecule has 0 saturated heterocycles. The van der Waals surface area contributed by atoms with Crippen LogP contribution in [-0.2, 0) is 11.8 Å². The molecular weight excluding hydrogens is 364 g/mol. The Kier molecular flexibility index (Phi) is 7.74. The Hall–Kier alpha value is -2.54. The zero-order chi connectivity index (χ0) is 21.4. The van der Waals surface area contributed by atoms with E-state index in [0.29, 0.717) is 5.75 Å². The predicted octanol–water partition coefficient (Wildman–Crippen LogP) is 8.29. The first kappa shape index (κ1) is 22.2. The molecule has 0 bridgehead atoms. The molecule has 0 radical (unpaired) electrons. The lowest BCUT2D eigenvalue weighted by Crippen LogP contribution is -2.21. The summed E-state index contributed by atoms with van der Waals surface area (Å²) in [7, 11) is 0. The number of rotatable bonds is 10. The average molecular weight is 401 g/mol. The summed E-state index contributed by atoms with van der Waals surface area (Å²) in [6, 6.07) is 25.1. The highest BCUT2D eigenvalue weighted by atomic mass is 16.3. The van der Waals surface area contributed by atoms with Crippen molar-refractivity contribution < 1.29 is 5.11 Å². The number of benzene rings is 3. The molecule has 3 rings (SSSR count). The molecule has 30 heavy (non-hydrogen) atoms. The number of phenolic OH excluding ortho intramolecular Hbond substituents is 1. The highest BCUT2D eigenvalue weighted by Crippen LogP contribution is 2.44. The van der Waals surface area contributed by atoms with Crippen molar-refractivity contribution in [2.24, 2.45) is 0 Å². The second kappa shape index (κ2) is 10.5. The van der Waals surface area contributed by atoms with Crippen LogP contribution in [-0.4, -0.2) is 5.11 Å². The minimum absolute atomic E-state index is 0.298. The molecule has 1 heteroatoms. The average Bonchev–Trinajstić information content (AvgIpc) is 2.77. The van der Waals surface area contributed by atoms with Crippen LogP contribution in [0.5, 0.6) is 5.75 Å². The SMILES string of the molecule is CCCCCCCCc1ccc(O)c(C(C)(C)c2ccccc2)c1-c1ccccc1. The molecule has 0 saturated carbocycles. The molecule has 3 aromatic rings. The summed E-state index contributed by atoms with van der Waals surface area (Å²) in [5.41, 5.74) is 5.69. The smallest absolute Gasteiger partial charge is 0.120 e. The molecule has 0 heterocycles. The minimum Gasteiger partial charge on any atom is -0.508 e. The van der Waals surface area contributed by atoms with Gasteiger partial charge in [0.05, 0.1) is 0 Å². The first-order valence-corrected chi connectivity index (χ1v) is 11.5. The largest absolute Gasteiger partial charge is 0.508 e. The van der Waals surface area contributed by atoms with Crippen molar-refractivity contribution in [2.75, 3.05) is 0 Å². The molecule has 0 aliphatic carbocycles. The molecule has 0 amide bonds. The van der Waals surface area contributed by atoms with Gasteiger partial charge in [0.25, 0.3) is 0 Å². The van der Waals surface area contributed by atoms with Gasteiger partial charge in [-0.3, -0.25) is 0 Å². The molecule has 3 aromatic carbocycles. The molecule has 0 aliphatic heterocycles. The number of hydrogen-bond acceptors (Lipinski definition) is 1. The van der Waals surface area contributed by atoms with E-state index in [4.69, 9.17) is 0 Å². The zero-order valence-corrected chi connectivity index (χ0v) is 18.8. The van der Waals surface area contributed by atoms with Gasteiger partial charge in [0.15, 0.2) is 0 Å². The summed E-state index contributed by atoms with van der Waals surface area (Å²) in [6.45, 7) is 6.70. The van der Waals surface area contributed by atoms with Crippen LogP contribution in [0.3, 0.4) is 0 Å². The van der Waals surface area contributed by atoms with Gasteiger partial charge in [0, 0.05) is 11.0 Å². The molecular formula is C29H36O. The van der Waals surface area contributed by atoms with Gasteiger partial charge in [-0.2, -0.15) is 0 Å². The van der Waals surface area contributed by atoms with Crippen molar-refractivity contribution in [1.29, 1.82) is 0 Å². The third kappa shape index (κ3) is 5.14. The first-order valence-electron chi connectivity index (χ1n) is 11.5. The fourth-order valence-electron chi connectivity index (χ4n) is 4.51. The van der Waals surface area contributed by atoms with Gasteiger partial charge in [-0.15, -0.1) is 0 Å². The van der Waals surface area contributed by atoms with Crippen LogP contribution in [0.1, 0.15) is 76.0 Å².